The SMILES string of the molecule is Cc1ccc(S(=O)(=O)n2ncc3cc(C[C@@H](CN4C(=O)c5ccccc5C4=O)NC(=O)OC(C)(C)C)ccc32)cc1. The molecule has 0 fully saturated rings. The highest BCUT2D eigenvalue weighted by atomic mass is 32.2. The number of benzene rings is 3. The topological polar surface area (TPSA) is 128 Å². The van der Waals surface area contributed by atoms with Crippen LogP contribution < -0.4 is 5.32 Å². The van der Waals surface area contributed by atoms with Crippen LogP contribution in [0.3, 0.4) is 0 Å². The van der Waals surface area contributed by atoms with Crippen LogP contribution in [0.2, 0.25) is 0 Å². The zero-order valence-corrected chi connectivity index (χ0v) is 23.9. The summed E-state index contributed by atoms with van der Waals surface area (Å²) in [6, 6.07) is 17.6. The number of hydrogen-bond donors (Lipinski definition) is 1. The van der Waals surface area contributed by atoms with Gasteiger partial charge in [0.2, 0.25) is 0 Å². The summed E-state index contributed by atoms with van der Waals surface area (Å²) in [5.74, 6) is -0.862. The number of rotatable bonds is 7. The molecule has 41 heavy (non-hydrogen) atoms. The van der Waals surface area contributed by atoms with Crippen LogP contribution in [0, 0.1) is 6.92 Å². The van der Waals surface area contributed by atoms with Crippen LogP contribution in [0.5, 0.6) is 0 Å². The second kappa shape index (κ2) is 10.5. The van der Waals surface area contributed by atoms with E-state index in [1.807, 2.05) is 6.92 Å². The first kappa shape index (κ1) is 28.0. The molecule has 2 heterocycles. The molecule has 0 unspecified atom stereocenters. The molecule has 4 aromatic rings. The number of hydrogen-bond acceptors (Lipinski definition) is 7. The van der Waals surface area contributed by atoms with Crippen LogP contribution in [-0.4, -0.2) is 58.6 Å². The van der Waals surface area contributed by atoms with Gasteiger partial charge in [0, 0.05) is 5.39 Å². The minimum Gasteiger partial charge on any atom is -0.444 e. The molecular weight excluding hydrogens is 544 g/mol. The Morgan fingerprint density at radius 3 is 2.22 bits per heavy atom. The van der Waals surface area contributed by atoms with Crippen molar-refractivity contribution in [2.24, 2.45) is 0 Å². The number of carbonyl (C=O) groups is 3. The Balaban J connectivity index is 1.42. The first-order chi connectivity index (χ1) is 19.3. The molecule has 1 aromatic heterocycles. The van der Waals surface area contributed by atoms with Crippen molar-refractivity contribution in [1.29, 1.82) is 0 Å². The number of alkyl carbamates (subject to hydrolysis) is 1. The van der Waals surface area contributed by atoms with Crippen LogP contribution in [0.25, 0.3) is 10.9 Å². The molecule has 0 aliphatic carbocycles. The third kappa shape index (κ3) is 5.71. The van der Waals surface area contributed by atoms with Crippen molar-refractivity contribution in [1.82, 2.24) is 19.4 Å². The third-order valence-electron chi connectivity index (χ3n) is 6.63. The monoisotopic (exact) mass is 574 g/mol. The van der Waals surface area contributed by atoms with Crippen molar-refractivity contribution in [3.8, 4) is 0 Å². The molecule has 1 aliphatic heterocycles. The van der Waals surface area contributed by atoms with Crippen LogP contribution >= 0.6 is 0 Å². The Bertz CT molecular complexity index is 1740. The molecule has 10 nitrogen and oxygen atoms in total. The van der Waals surface area contributed by atoms with Gasteiger partial charge in [-0.15, -0.1) is 0 Å². The Morgan fingerprint density at radius 1 is 0.976 bits per heavy atom. The van der Waals surface area contributed by atoms with Crippen LogP contribution in [0.1, 0.15) is 52.6 Å². The van der Waals surface area contributed by atoms with Crippen molar-refractivity contribution in [2.75, 3.05) is 6.54 Å². The summed E-state index contributed by atoms with van der Waals surface area (Å²) in [6.07, 6.45) is 1.01. The summed E-state index contributed by atoms with van der Waals surface area (Å²) in [5, 5.41) is 7.52. The summed E-state index contributed by atoms with van der Waals surface area (Å²) >= 11 is 0. The fourth-order valence-corrected chi connectivity index (χ4v) is 6.01. The minimum absolute atomic E-state index is 0.0787. The molecule has 0 saturated carbocycles. The normalized spacial score (nSPS) is 14.3. The van der Waals surface area contributed by atoms with Crippen molar-refractivity contribution < 1.29 is 27.5 Å². The predicted octanol–water partition coefficient (Wildman–Crippen LogP) is 4.31. The number of aromatic nitrogens is 2. The fourth-order valence-electron chi connectivity index (χ4n) is 4.73. The molecule has 212 valence electrons. The Kier molecular flexibility index (Phi) is 7.16. The number of imide groups is 1. The van der Waals surface area contributed by atoms with Gasteiger partial charge in [-0.3, -0.25) is 14.5 Å². The molecule has 1 aliphatic rings. The fraction of sp³-hybridized carbons (Fsp3) is 0.267. The third-order valence-corrected chi connectivity index (χ3v) is 8.24. The highest BCUT2D eigenvalue weighted by Gasteiger charge is 2.37. The van der Waals surface area contributed by atoms with E-state index < -0.39 is 39.6 Å². The van der Waals surface area contributed by atoms with E-state index >= 15 is 0 Å². The number of nitrogens with zero attached hydrogens (tertiary/aromatic N) is 3. The Labute approximate surface area is 238 Å². The van der Waals surface area contributed by atoms with Crippen molar-refractivity contribution in [3.05, 3.63) is 95.2 Å². The predicted molar refractivity (Wildman–Crippen MR) is 152 cm³/mol. The average Bonchev–Trinajstić information content (AvgIpc) is 3.43. The van der Waals surface area contributed by atoms with Gasteiger partial charge in [-0.05, 0) is 76.1 Å². The molecule has 0 bridgehead atoms. The van der Waals surface area contributed by atoms with E-state index in [2.05, 4.69) is 10.4 Å². The molecule has 5 rings (SSSR count). The second-order valence-corrected chi connectivity index (χ2v) is 12.8. The standard InChI is InChI=1S/C30H30N4O6S/c1-19-9-12-23(13-10-19)41(38,39)34-26-14-11-20(15-21(26)17-31-34)16-22(32-29(37)40-30(2,3)4)18-33-27(35)24-7-5-6-8-25(24)28(33)36/h5-15,17,22H,16,18H2,1-4H3,(H,32,37)/t22-/m0/s1. The summed E-state index contributed by atoms with van der Waals surface area (Å²) in [5.41, 5.74) is 1.96. The lowest BCUT2D eigenvalue weighted by Gasteiger charge is -2.26. The Hall–Kier alpha value is -4.51. The molecule has 11 heteroatoms. The molecule has 0 saturated heterocycles. The van der Waals surface area contributed by atoms with E-state index in [9.17, 15) is 22.8 Å². The van der Waals surface area contributed by atoms with Gasteiger partial charge in [0.05, 0.1) is 40.3 Å². The van der Waals surface area contributed by atoms with Gasteiger partial charge in [0.25, 0.3) is 21.8 Å². The molecule has 0 radical (unpaired) electrons. The van der Waals surface area contributed by atoms with Crippen LogP contribution in [-0.2, 0) is 21.2 Å². The van der Waals surface area contributed by atoms with E-state index in [0.717, 1.165) is 20.1 Å². The lowest BCUT2D eigenvalue weighted by molar-refractivity contribution is 0.0468. The zero-order valence-electron chi connectivity index (χ0n) is 23.1. The summed E-state index contributed by atoms with van der Waals surface area (Å²) in [4.78, 5) is 40.0. The maximum atomic E-state index is 13.2. The van der Waals surface area contributed by atoms with E-state index in [1.54, 1.807) is 87.5 Å². The van der Waals surface area contributed by atoms with Crippen molar-refractivity contribution in [3.63, 3.8) is 0 Å². The molecule has 3 amide bonds. The lowest BCUT2D eigenvalue weighted by Crippen LogP contribution is -2.48. The molecule has 1 N–H and O–H groups in total. The number of carbonyl (C=O) groups excluding carboxylic acids is 3. The van der Waals surface area contributed by atoms with E-state index in [0.29, 0.717) is 22.0 Å². The van der Waals surface area contributed by atoms with Gasteiger partial charge in [0.15, 0.2) is 0 Å². The summed E-state index contributed by atoms with van der Waals surface area (Å²) in [7, 11) is -3.91. The quantitative estimate of drug-likeness (QED) is 0.326. The smallest absolute Gasteiger partial charge is 0.407 e. The highest BCUT2D eigenvalue weighted by Crippen LogP contribution is 2.25. The average molecular weight is 575 g/mol. The maximum Gasteiger partial charge on any atom is 0.407 e. The van der Waals surface area contributed by atoms with Gasteiger partial charge >= 0.3 is 6.09 Å². The minimum atomic E-state index is -3.91. The van der Waals surface area contributed by atoms with Crippen molar-refractivity contribution >= 4 is 38.8 Å². The highest BCUT2D eigenvalue weighted by molar-refractivity contribution is 7.90. The number of aryl methyl sites for hydroxylation is 1. The van der Waals surface area contributed by atoms with Gasteiger partial charge in [-0.1, -0.05) is 35.9 Å². The number of amides is 3. The van der Waals surface area contributed by atoms with Crippen molar-refractivity contribution in [2.45, 2.75) is 50.7 Å². The first-order valence-electron chi connectivity index (χ1n) is 13.1. The molecule has 3 aromatic carbocycles. The van der Waals surface area contributed by atoms with Gasteiger partial charge in [-0.25, -0.2) is 4.79 Å². The number of fused-ring (bicyclic) bond motifs is 2. The van der Waals surface area contributed by atoms with Gasteiger partial charge in [0.1, 0.15) is 5.60 Å². The van der Waals surface area contributed by atoms with Gasteiger partial charge < -0.3 is 10.1 Å². The number of nitrogens with one attached hydrogen (secondary N) is 1. The largest absolute Gasteiger partial charge is 0.444 e. The molecule has 1 atom stereocenters. The van der Waals surface area contributed by atoms with Gasteiger partial charge in [-0.2, -0.15) is 17.6 Å². The molecular formula is C30H30N4O6S. The van der Waals surface area contributed by atoms with Crippen LogP contribution in [0.15, 0.2) is 77.8 Å². The van der Waals surface area contributed by atoms with E-state index in [1.165, 1.54) is 6.20 Å². The molecule has 0 spiro atoms. The lowest BCUT2D eigenvalue weighted by atomic mass is 10.0. The van der Waals surface area contributed by atoms with E-state index in [-0.39, 0.29) is 17.9 Å². The maximum absolute atomic E-state index is 13.2. The Morgan fingerprint density at radius 2 is 1.61 bits per heavy atom. The first-order valence-corrected chi connectivity index (χ1v) is 14.5. The van der Waals surface area contributed by atoms with Crippen LogP contribution in [0.4, 0.5) is 4.79 Å². The van der Waals surface area contributed by atoms with E-state index in [4.69, 9.17) is 4.74 Å². The number of ether oxygens (including phenoxy) is 1. The second-order valence-electron chi connectivity index (χ2n) is 11.0. The zero-order chi connectivity index (χ0) is 29.5. The summed E-state index contributed by atoms with van der Waals surface area (Å²) < 4.78 is 32.9. The summed E-state index contributed by atoms with van der Waals surface area (Å²) in [6.45, 7) is 7.01.